The molecule has 0 spiro atoms. The summed E-state index contributed by atoms with van der Waals surface area (Å²) in [6, 6.07) is 4.98. The van der Waals surface area contributed by atoms with Gasteiger partial charge in [-0.15, -0.1) is 0 Å². The number of halogens is 1. The second-order valence-electron chi connectivity index (χ2n) is 3.37. The van der Waals surface area contributed by atoms with Crippen molar-refractivity contribution >= 4 is 21.8 Å². The summed E-state index contributed by atoms with van der Waals surface area (Å²) in [6.07, 6.45) is 0. The van der Waals surface area contributed by atoms with Crippen molar-refractivity contribution < 1.29 is 9.90 Å². The zero-order valence-electron chi connectivity index (χ0n) is 8.83. The molecule has 1 aromatic rings. The lowest BCUT2D eigenvalue weighted by Gasteiger charge is -2.17. The number of nitrogens with zero attached hydrogens (tertiary/aromatic N) is 1. The lowest BCUT2D eigenvalue weighted by atomic mass is 10.1. The van der Waals surface area contributed by atoms with Gasteiger partial charge in [0.05, 0.1) is 0 Å². The molecule has 0 aromatic heterocycles. The molecule has 0 saturated carbocycles. The minimum absolute atomic E-state index is 0.0668. The molecule has 0 aliphatic heterocycles. The number of amides is 1. The molecule has 1 aromatic carbocycles. The molecule has 1 N–H and O–H groups in total. The molecule has 0 atom stereocenters. The minimum Gasteiger partial charge on any atom is -0.508 e. The largest absolute Gasteiger partial charge is 0.508 e. The molecule has 82 valence electrons. The van der Waals surface area contributed by atoms with Crippen LogP contribution in [0.4, 0.5) is 0 Å². The van der Waals surface area contributed by atoms with Crippen LogP contribution in [-0.4, -0.2) is 34.8 Å². The van der Waals surface area contributed by atoms with E-state index in [1.165, 1.54) is 0 Å². The molecule has 0 unspecified atom stereocenters. The quantitative estimate of drug-likeness (QED) is 0.857. The summed E-state index contributed by atoms with van der Waals surface area (Å²) in [7, 11) is 1.74. The number of alkyl halides is 1. The fourth-order valence-electron chi connectivity index (χ4n) is 1.29. The number of phenols is 1. The van der Waals surface area contributed by atoms with Crippen LogP contribution in [0.15, 0.2) is 18.2 Å². The summed E-state index contributed by atoms with van der Waals surface area (Å²) in [5, 5.41) is 10.2. The second kappa shape index (κ2) is 5.16. The Labute approximate surface area is 97.8 Å². The van der Waals surface area contributed by atoms with Crippen molar-refractivity contribution in [1.82, 2.24) is 4.90 Å². The van der Waals surface area contributed by atoms with E-state index in [-0.39, 0.29) is 11.7 Å². The number of phenolic OH excluding ortho intramolecular Hbond substituents is 1. The smallest absolute Gasteiger partial charge is 0.254 e. The summed E-state index contributed by atoms with van der Waals surface area (Å²) in [5.41, 5.74) is 1.18. The molecule has 0 aliphatic carbocycles. The van der Waals surface area contributed by atoms with Crippen LogP contribution in [0.5, 0.6) is 5.75 Å². The molecule has 0 aliphatic rings. The molecule has 1 amide bonds. The van der Waals surface area contributed by atoms with Gasteiger partial charge in [0.25, 0.3) is 5.91 Å². The second-order valence-corrected chi connectivity index (χ2v) is 4.16. The van der Waals surface area contributed by atoms with Crippen LogP contribution in [0.3, 0.4) is 0 Å². The molecular formula is C11H14BrNO2. The van der Waals surface area contributed by atoms with Crippen LogP contribution in [0.2, 0.25) is 0 Å². The number of aromatic hydroxyl groups is 1. The Kier molecular flexibility index (Phi) is 4.15. The highest BCUT2D eigenvalue weighted by Crippen LogP contribution is 2.20. The third-order valence-electron chi connectivity index (χ3n) is 2.30. The third kappa shape index (κ3) is 2.72. The monoisotopic (exact) mass is 271 g/mol. The van der Waals surface area contributed by atoms with Crippen molar-refractivity contribution in [3.63, 3.8) is 0 Å². The van der Waals surface area contributed by atoms with Gasteiger partial charge in [-0.1, -0.05) is 22.0 Å². The average Bonchev–Trinajstić information content (AvgIpc) is 2.21. The normalized spacial score (nSPS) is 10.1. The van der Waals surface area contributed by atoms with E-state index in [0.717, 1.165) is 5.33 Å². The van der Waals surface area contributed by atoms with Gasteiger partial charge in [0.2, 0.25) is 0 Å². The van der Waals surface area contributed by atoms with Gasteiger partial charge in [-0.3, -0.25) is 4.79 Å². The highest BCUT2D eigenvalue weighted by molar-refractivity contribution is 9.09. The first-order valence-corrected chi connectivity index (χ1v) is 5.80. The molecule has 0 heterocycles. The lowest BCUT2D eigenvalue weighted by molar-refractivity contribution is 0.0803. The van der Waals surface area contributed by atoms with Gasteiger partial charge in [0.15, 0.2) is 0 Å². The molecule has 15 heavy (non-hydrogen) atoms. The van der Waals surface area contributed by atoms with Crippen LogP contribution in [0.25, 0.3) is 0 Å². The molecule has 0 radical (unpaired) electrons. The first kappa shape index (κ1) is 12.0. The molecule has 3 nitrogen and oxygen atoms in total. The van der Waals surface area contributed by atoms with Gasteiger partial charge in [-0.2, -0.15) is 0 Å². The average molecular weight is 272 g/mol. The van der Waals surface area contributed by atoms with Gasteiger partial charge < -0.3 is 10.0 Å². The van der Waals surface area contributed by atoms with Gasteiger partial charge in [-0.25, -0.2) is 0 Å². The molecule has 0 saturated heterocycles. The van der Waals surface area contributed by atoms with Crippen molar-refractivity contribution in [2.45, 2.75) is 6.92 Å². The van der Waals surface area contributed by atoms with Crippen LogP contribution in [0.1, 0.15) is 15.9 Å². The van der Waals surface area contributed by atoms with E-state index in [9.17, 15) is 9.90 Å². The van der Waals surface area contributed by atoms with E-state index >= 15 is 0 Å². The van der Waals surface area contributed by atoms with E-state index in [1.54, 1.807) is 37.1 Å². The number of hydrogen-bond donors (Lipinski definition) is 1. The summed E-state index contributed by atoms with van der Waals surface area (Å²) in [5.74, 6) is 0.0935. The SMILES string of the molecule is Cc1c(O)cccc1C(=O)N(C)CCBr. The molecule has 4 heteroatoms. The summed E-state index contributed by atoms with van der Waals surface area (Å²) >= 11 is 3.28. The van der Waals surface area contributed by atoms with E-state index in [4.69, 9.17) is 0 Å². The van der Waals surface area contributed by atoms with Gasteiger partial charge >= 0.3 is 0 Å². The van der Waals surface area contributed by atoms with Gasteiger partial charge in [0, 0.05) is 30.0 Å². The summed E-state index contributed by atoms with van der Waals surface area (Å²) in [6.45, 7) is 2.39. The molecule has 0 bridgehead atoms. The Morgan fingerprint density at radius 2 is 2.20 bits per heavy atom. The van der Waals surface area contributed by atoms with E-state index in [2.05, 4.69) is 15.9 Å². The summed E-state index contributed by atoms with van der Waals surface area (Å²) in [4.78, 5) is 13.5. The van der Waals surface area contributed by atoms with E-state index in [0.29, 0.717) is 17.7 Å². The standard InChI is InChI=1S/C11H14BrNO2/c1-8-9(4-3-5-10(8)14)11(15)13(2)7-6-12/h3-5,14H,6-7H2,1-2H3. The van der Waals surface area contributed by atoms with Crippen LogP contribution in [0, 0.1) is 6.92 Å². The Bertz CT molecular complexity index is 366. The number of benzene rings is 1. The van der Waals surface area contributed by atoms with Crippen LogP contribution in [-0.2, 0) is 0 Å². The molecular weight excluding hydrogens is 258 g/mol. The summed E-state index contributed by atoms with van der Waals surface area (Å²) < 4.78 is 0. The van der Waals surface area contributed by atoms with Crippen LogP contribution >= 0.6 is 15.9 Å². The first-order chi connectivity index (χ1) is 7.07. The highest BCUT2D eigenvalue weighted by Gasteiger charge is 2.14. The Morgan fingerprint density at radius 3 is 2.80 bits per heavy atom. The van der Waals surface area contributed by atoms with Crippen molar-refractivity contribution in [2.24, 2.45) is 0 Å². The van der Waals surface area contributed by atoms with E-state index < -0.39 is 0 Å². The Balaban J connectivity index is 2.96. The van der Waals surface area contributed by atoms with Crippen molar-refractivity contribution in [3.05, 3.63) is 29.3 Å². The number of hydrogen-bond acceptors (Lipinski definition) is 2. The highest BCUT2D eigenvalue weighted by atomic mass is 79.9. The number of carbonyl (C=O) groups is 1. The van der Waals surface area contributed by atoms with Crippen molar-refractivity contribution in [2.75, 3.05) is 18.9 Å². The Hall–Kier alpha value is -1.03. The lowest BCUT2D eigenvalue weighted by Crippen LogP contribution is -2.28. The zero-order chi connectivity index (χ0) is 11.4. The number of carbonyl (C=O) groups excluding carboxylic acids is 1. The fraction of sp³-hybridized carbons (Fsp3) is 0.364. The third-order valence-corrected chi connectivity index (χ3v) is 2.66. The van der Waals surface area contributed by atoms with Crippen molar-refractivity contribution in [1.29, 1.82) is 0 Å². The molecule has 1 rings (SSSR count). The zero-order valence-corrected chi connectivity index (χ0v) is 10.4. The van der Waals surface area contributed by atoms with Gasteiger partial charge in [0.1, 0.15) is 5.75 Å². The number of rotatable bonds is 3. The Morgan fingerprint density at radius 1 is 1.53 bits per heavy atom. The maximum absolute atomic E-state index is 11.9. The topological polar surface area (TPSA) is 40.5 Å². The maximum Gasteiger partial charge on any atom is 0.254 e. The van der Waals surface area contributed by atoms with Crippen LogP contribution < -0.4 is 0 Å². The minimum atomic E-state index is -0.0668. The first-order valence-electron chi connectivity index (χ1n) is 4.68. The maximum atomic E-state index is 11.9. The van der Waals surface area contributed by atoms with E-state index in [1.807, 2.05) is 0 Å². The predicted octanol–water partition coefficient (Wildman–Crippen LogP) is 2.17. The predicted molar refractivity (Wildman–Crippen MR) is 63.6 cm³/mol. The molecule has 0 fully saturated rings. The fourth-order valence-corrected chi connectivity index (χ4v) is 1.82. The van der Waals surface area contributed by atoms with Crippen molar-refractivity contribution in [3.8, 4) is 5.75 Å². The van der Waals surface area contributed by atoms with Gasteiger partial charge in [-0.05, 0) is 19.1 Å².